The third kappa shape index (κ3) is 2.26. The van der Waals surface area contributed by atoms with Crippen molar-refractivity contribution in [2.75, 3.05) is 0 Å². The second-order valence-corrected chi connectivity index (χ2v) is 4.29. The van der Waals surface area contributed by atoms with E-state index in [4.69, 9.17) is 0 Å². The van der Waals surface area contributed by atoms with E-state index in [1.807, 2.05) is 31.2 Å². The number of rotatable bonds is 1. The number of benzene rings is 2. The molecule has 0 heterocycles. The highest BCUT2D eigenvalue weighted by atomic mass is 19.4. The van der Waals surface area contributed by atoms with Gasteiger partial charge >= 0.3 is 6.18 Å². The van der Waals surface area contributed by atoms with Crippen LogP contribution in [0.2, 0.25) is 0 Å². The molecule has 0 unspecified atom stereocenters. The smallest absolute Gasteiger partial charge is 0.166 e. The zero-order chi connectivity index (χ0) is 13.3. The molecule has 0 aliphatic rings. The first kappa shape index (κ1) is 12.7. The zero-order valence-corrected chi connectivity index (χ0v) is 10.2. The van der Waals surface area contributed by atoms with Gasteiger partial charge in [-0.1, -0.05) is 36.4 Å². The highest BCUT2D eigenvalue weighted by molar-refractivity contribution is 5.71. The molecule has 0 radical (unpaired) electrons. The van der Waals surface area contributed by atoms with Gasteiger partial charge in [0.2, 0.25) is 0 Å². The number of halogens is 3. The van der Waals surface area contributed by atoms with Gasteiger partial charge in [-0.2, -0.15) is 13.2 Å². The summed E-state index contributed by atoms with van der Waals surface area (Å²) < 4.78 is 38.5. The molecule has 0 saturated heterocycles. The fraction of sp³-hybridized carbons (Fsp3) is 0.200. The summed E-state index contributed by atoms with van der Waals surface area (Å²) in [6.07, 6.45) is -4.30. The molecule has 94 valence electrons. The quantitative estimate of drug-likeness (QED) is 0.669. The second kappa shape index (κ2) is 4.48. The molecule has 3 heteroatoms. The van der Waals surface area contributed by atoms with Crippen LogP contribution in [0.1, 0.15) is 16.7 Å². The molecule has 0 spiro atoms. The van der Waals surface area contributed by atoms with Crippen molar-refractivity contribution in [2.24, 2.45) is 0 Å². The second-order valence-electron chi connectivity index (χ2n) is 4.29. The van der Waals surface area contributed by atoms with Crippen LogP contribution in [0.3, 0.4) is 0 Å². The van der Waals surface area contributed by atoms with E-state index < -0.39 is 11.7 Å². The minimum Gasteiger partial charge on any atom is -0.166 e. The summed E-state index contributed by atoms with van der Waals surface area (Å²) in [5.74, 6) is 0. The van der Waals surface area contributed by atoms with Crippen LogP contribution in [-0.2, 0) is 6.18 Å². The van der Waals surface area contributed by atoms with E-state index in [1.165, 1.54) is 13.0 Å². The van der Waals surface area contributed by atoms with Gasteiger partial charge in [0.25, 0.3) is 0 Å². The Morgan fingerprint density at radius 1 is 0.778 bits per heavy atom. The number of aryl methyl sites for hydroxylation is 1. The van der Waals surface area contributed by atoms with Crippen LogP contribution >= 0.6 is 0 Å². The predicted octanol–water partition coefficient (Wildman–Crippen LogP) is 4.99. The molecule has 0 aliphatic carbocycles. The SMILES string of the molecule is Cc1ccccc1-c1cccc(C(F)(F)F)c1C. The van der Waals surface area contributed by atoms with Gasteiger partial charge < -0.3 is 0 Å². The highest BCUT2D eigenvalue weighted by Crippen LogP contribution is 2.36. The van der Waals surface area contributed by atoms with Gasteiger partial charge in [0, 0.05) is 0 Å². The predicted molar refractivity (Wildman–Crippen MR) is 66.4 cm³/mol. The summed E-state index contributed by atoms with van der Waals surface area (Å²) in [5, 5.41) is 0. The number of alkyl halides is 3. The Balaban J connectivity index is 2.64. The van der Waals surface area contributed by atoms with E-state index in [9.17, 15) is 13.2 Å². The van der Waals surface area contributed by atoms with Gasteiger partial charge in [-0.25, -0.2) is 0 Å². The van der Waals surface area contributed by atoms with Crippen molar-refractivity contribution in [3.05, 3.63) is 59.2 Å². The van der Waals surface area contributed by atoms with Crippen LogP contribution in [0, 0.1) is 13.8 Å². The maximum absolute atomic E-state index is 12.8. The molecule has 0 N–H and O–H groups in total. The molecule has 0 aromatic heterocycles. The first-order valence-corrected chi connectivity index (χ1v) is 5.64. The topological polar surface area (TPSA) is 0 Å². The lowest BCUT2D eigenvalue weighted by Crippen LogP contribution is -2.08. The largest absolute Gasteiger partial charge is 0.416 e. The lowest BCUT2D eigenvalue weighted by molar-refractivity contribution is -0.138. The standard InChI is InChI=1S/C15H13F3/c1-10-6-3-4-7-12(10)13-8-5-9-14(11(13)2)15(16,17)18/h3-9H,1-2H3. The maximum atomic E-state index is 12.8. The molecule has 2 aromatic carbocycles. The Morgan fingerprint density at radius 3 is 2.00 bits per heavy atom. The Labute approximate surface area is 104 Å². The van der Waals surface area contributed by atoms with Gasteiger partial charge in [0.05, 0.1) is 5.56 Å². The summed E-state index contributed by atoms with van der Waals surface area (Å²) in [6.45, 7) is 3.42. The Hall–Kier alpha value is -1.77. The van der Waals surface area contributed by atoms with Crippen molar-refractivity contribution in [2.45, 2.75) is 20.0 Å². The van der Waals surface area contributed by atoms with Gasteiger partial charge in [0.1, 0.15) is 0 Å². The number of hydrogen-bond acceptors (Lipinski definition) is 0. The Morgan fingerprint density at radius 2 is 1.39 bits per heavy atom. The third-order valence-corrected chi connectivity index (χ3v) is 3.07. The van der Waals surface area contributed by atoms with E-state index in [0.29, 0.717) is 5.56 Å². The van der Waals surface area contributed by atoms with Crippen molar-refractivity contribution in [1.29, 1.82) is 0 Å². The molecular formula is C15H13F3. The average Bonchev–Trinajstić information content (AvgIpc) is 2.29. The van der Waals surface area contributed by atoms with E-state index in [0.717, 1.165) is 17.2 Å². The van der Waals surface area contributed by atoms with Crippen molar-refractivity contribution >= 4 is 0 Å². The van der Waals surface area contributed by atoms with E-state index >= 15 is 0 Å². The Kier molecular flexibility index (Phi) is 3.16. The summed E-state index contributed by atoms with van der Waals surface area (Å²) in [7, 11) is 0. The van der Waals surface area contributed by atoms with Crippen LogP contribution in [-0.4, -0.2) is 0 Å². The molecule has 0 atom stereocenters. The fourth-order valence-corrected chi connectivity index (χ4v) is 2.11. The van der Waals surface area contributed by atoms with Crippen LogP contribution in [0.25, 0.3) is 11.1 Å². The Bertz CT molecular complexity index is 568. The fourth-order valence-electron chi connectivity index (χ4n) is 2.11. The van der Waals surface area contributed by atoms with E-state index in [2.05, 4.69) is 0 Å². The molecule has 0 fully saturated rings. The lowest BCUT2D eigenvalue weighted by atomic mass is 9.93. The molecule has 0 nitrogen and oxygen atoms in total. The lowest BCUT2D eigenvalue weighted by Gasteiger charge is -2.15. The average molecular weight is 250 g/mol. The van der Waals surface area contributed by atoms with Crippen molar-refractivity contribution in [3.63, 3.8) is 0 Å². The van der Waals surface area contributed by atoms with E-state index in [-0.39, 0.29) is 5.56 Å². The third-order valence-electron chi connectivity index (χ3n) is 3.07. The molecule has 0 saturated carbocycles. The van der Waals surface area contributed by atoms with Gasteiger partial charge in [0.15, 0.2) is 0 Å². The first-order chi connectivity index (χ1) is 8.41. The van der Waals surface area contributed by atoms with Crippen molar-refractivity contribution in [1.82, 2.24) is 0 Å². The molecule has 0 aliphatic heterocycles. The normalized spacial score (nSPS) is 11.6. The monoisotopic (exact) mass is 250 g/mol. The molecule has 18 heavy (non-hydrogen) atoms. The molecule has 2 rings (SSSR count). The zero-order valence-electron chi connectivity index (χ0n) is 10.2. The number of hydrogen-bond donors (Lipinski definition) is 0. The van der Waals surface area contributed by atoms with E-state index in [1.54, 1.807) is 6.07 Å². The maximum Gasteiger partial charge on any atom is 0.416 e. The van der Waals surface area contributed by atoms with Crippen LogP contribution in [0.4, 0.5) is 13.2 Å². The van der Waals surface area contributed by atoms with Crippen molar-refractivity contribution < 1.29 is 13.2 Å². The van der Waals surface area contributed by atoms with Crippen LogP contribution < -0.4 is 0 Å². The minimum atomic E-state index is -4.30. The van der Waals surface area contributed by atoms with Crippen molar-refractivity contribution in [3.8, 4) is 11.1 Å². The molecule has 0 amide bonds. The molecule has 0 bridgehead atoms. The van der Waals surface area contributed by atoms with Gasteiger partial charge in [-0.3, -0.25) is 0 Å². The van der Waals surface area contributed by atoms with Crippen LogP contribution in [0.5, 0.6) is 0 Å². The summed E-state index contributed by atoms with van der Waals surface area (Å²) in [4.78, 5) is 0. The summed E-state index contributed by atoms with van der Waals surface area (Å²) in [6, 6.07) is 11.8. The molecule has 2 aromatic rings. The van der Waals surface area contributed by atoms with Gasteiger partial charge in [-0.15, -0.1) is 0 Å². The summed E-state index contributed by atoms with van der Waals surface area (Å²) >= 11 is 0. The molecular weight excluding hydrogens is 237 g/mol. The first-order valence-electron chi connectivity index (χ1n) is 5.64. The highest BCUT2D eigenvalue weighted by Gasteiger charge is 2.32. The minimum absolute atomic E-state index is 0.277. The van der Waals surface area contributed by atoms with Gasteiger partial charge in [-0.05, 0) is 42.2 Å². The summed E-state index contributed by atoms with van der Waals surface area (Å²) in [5.41, 5.74) is 2.17. The van der Waals surface area contributed by atoms with Crippen LogP contribution in [0.15, 0.2) is 42.5 Å².